The van der Waals surface area contributed by atoms with Gasteiger partial charge in [-0.15, -0.1) is 0 Å². The van der Waals surface area contributed by atoms with E-state index >= 15 is 0 Å². The van der Waals surface area contributed by atoms with Crippen molar-refractivity contribution in [3.8, 4) is 5.75 Å². The number of fused-ring (bicyclic) bond motifs is 1. The summed E-state index contributed by atoms with van der Waals surface area (Å²) in [5.74, 6) is 0.792. The van der Waals surface area contributed by atoms with E-state index in [0.717, 1.165) is 36.4 Å². The van der Waals surface area contributed by atoms with Crippen LogP contribution in [0.5, 0.6) is 5.75 Å². The number of imidazole rings is 1. The normalized spacial score (nSPS) is 24.4. The Morgan fingerprint density at radius 2 is 2.24 bits per heavy atom. The maximum Gasteiger partial charge on any atom is 0.137 e. The highest BCUT2D eigenvalue weighted by atomic mass is 16.5. The van der Waals surface area contributed by atoms with Crippen LogP contribution in [0.3, 0.4) is 0 Å². The second-order valence-corrected chi connectivity index (χ2v) is 4.67. The molecule has 2 aromatic rings. The van der Waals surface area contributed by atoms with Crippen LogP contribution < -0.4 is 4.74 Å². The summed E-state index contributed by atoms with van der Waals surface area (Å²) < 4.78 is 7.76. The number of aliphatic hydroxyl groups excluding tert-OH is 1. The molecule has 0 saturated heterocycles. The first-order chi connectivity index (χ1) is 8.22. The van der Waals surface area contributed by atoms with E-state index in [1.165, 1.54) is 0 Å². The summed E-state index contributed by atoms with van der Waals surface area (Å²) in [6.07, 6.45) is 6.32. The van der Waals surface area contributed by atoms with Gasteiger partial charge in [0.25, 0.3) is 0 Å². The molecule has 90 valence electrons. The molecule has 1 aliphatic carbocycles. The quantitative estimate of drug-likeness (QED) is 0.860. The van der Waals surface area contributed by atoms with Gasteiger partial charge in [0.2, 0.25) is 0 Å². The molecule has 2 atom stereocenters. The van der Waals surface area contributed by atoms with Crippen molar-refractivity contribution in [3.63, 3.8) is 0 Å². The van der Waals surface area contributed by atoms with E-state index in [9.17, 15) is 5.11 Å². The van der Waals surface area contributed by atoms with Crippen LogP contribution in [-0.4, -0.2) is 26.7 Å². The van der Waals surface area contributed by atoms with Gasteiger partial charge in [0, 0.05) is 6.20 Å². The van der Waals surface area contributed by atoms with E-state index < -0.39 is 0 Å². The van der Waals surface area contributed by atoms with E-state index in [-0.39, 0.29) is 12.2 Å². The summed E-state index contributed by atoms with van der Waals surface area (Å²) >= 11 is 0. The molecule has 2 heterocycles. The lowest BCUT2D eigenvalue weighted by molar-refractivity contribution is 0.0601. The highest BCUT2D eigenvalue weighted by Crippen LogP contribution is 2.24. The molecule has 0 radical (unpaired) electrons. The summed E-state index contributed by atoms with van der Waals surface area (Å²) in [6.45, 7) is 1.97. The summed E-state index contributed by atoms with van der Waals surface area (Å²) in [5, 5.41) is 9.72. The third kappa shape index (κ3) is 2.00. The van der Waals surface area contributed by atoms with Crippen molar-refractivity contribution < 1.29 is 9.84 Å². The van der Waals surface area contributed by atoms with Gasteiger partial charge in [-0.05, 0) is 38.3 Å². The highest BCUT2D eigenvalue weighted by Gasteiger charge is 2.26. The number of aliphatic hydroxyl groups is 1. The van der Waals surface area contributed by atoms with Gasteiger partial charge >= 0.3 is 0 Å². The second-order valence-electron chi connectivity index (χ2n) is 4.67. The van der Waals surface area contributed by atoms with Gasteiger partial charge in [0.1, 0.15) is 17.5 Å². The standard InChI is InChI=1S/C13H16N2O2/c1-9-7-15-8-10(5-6-13(15)14-9)17-12-4-2-3-11(12)16/h5-8,11-12,16H,2-4H2,1H3. The smallest absolute Gasteiger partial charge is 0.137 e. The van der Waals surface area contributed by atoms with Crippen molar-refractivity contribution in [3.05, 3.63) is 30.2 Å². The maximum atomic E-state index is 9.72. The molecule has 0 amide bonds. The number of aromatic nitrogens is 2. The third-order valence-corrected chi connectivity index (χ3v) is 3.25. The molecular weight excluding hydrogens is 216 g/mol. The van der Waals surface area contributed by atoms with Crippen LogP contribution in [0.4, 0.5) is 0 Å². The molecule has 4 heteroatoms. The summed E-state index contributed by atoms with van der Waals surface area (Å²) in [6, 6.07) is 3.84. The summed E-state index contributed by atoms with van der Waals surface area (Å²) in [7, 11) is 0. The van der Waals surface area contributed by atoms with Crippen molar-refractivity contribution in [2.24, 2.45) is 0 Å². The molecule has 1 fully saturated rings. The molecule has 0 aromatic carbocycles. The molecule has 17 heavy (non-hydrogen) atoms. The first kappa shape index (κ1) is 10.6. The van der Waals surface area contributed by atoms with Crippen molar-refractivity contribution in [1.29, 1.82) is 0 Å². The minimum Gasteiger partial charge on any atom is -0.486 e. The lowest BCUT2D eigenvalue weighted by Crippen LogP contribution is -2.25. The fourth-order valence-electron chi connectivity index (χ4n) is 2.39. The molecule has 2 aromatic heterocycles. The number of ether oxygens (including phenoxy) is 1. The van der Waals surface area contributed by atoms with Crippen molar-refractivity contribution in [1.82, 2.24) is 9.38 Å². The summed E-state index contributed by atoms with van der Waals surface area (Å²) in [4.78, 5) is 4.36. The summed E-state index contributed by atoms with van der Waals surface area (Å²) in [5.41, 5.74) is 1.91. The van der Waals surface area contributed by atoms with E-state index in [4.69, 9.17) is 4.74 Å². The number of rotatable bonds is 2. The SMILES string of the molecule is Cc1cn2cc(OC3CCCC3O)ccc2n1. The molecule has 0 bridgehead atoms. The van der Waals surface area contributed by atoms with Crippen LogP contribution in [0.1, 0.15) is 25.0 Å². The van der Waals surface area contributed by atoms with Gasteiger partial charge in [-0.2, -0.15) is 0 Å². The van der Waals surface area contributed by atoms with E-state index in [0.29, 0.717) is 0 Å². The number of aryl methyl sites for hydroxylation is 1. The van der Waals surface area contributed by atoms with Crippen LogP contribution in [-0.2, 0) is 0 Å². The Morgan fingerprint density at radius 1 is 1.35 bits per heavy atom. The molecule has 0 aliphatic heterocycles. The molecule has 2 unspecified atom stereocenters. The largest absolute Gasteiger partial charge is 0.486 e. The highest BCUT2D eigenvalue weighted by molar-refractivity contribution is 5.42. The molecule has 1 N–H and O–H groups in total. The molecular formula is C13H16N2O2. The fraction of sp³-hybridized carbons (Fsp3) is 0.462. The zero-order chi connectivity index (χ0) is 11.8. The maximum absolute atomic E-state index is 9.72. The number of hydrogen-bond donors (Lipinski definition) is 1. The molecule has 4 nitrogen and oxygen atoms in total. The lowest BCUT2D eigenvalue weighted by atomic mass is 10.2. The topological polar surface area (TPSA) is 46.8 Å². The van der Waals surface area contributed by atoms with Crippen molar-refractivity contribution in [2.45, 2.75) is 38.4 Å². The number of nitrogens with zero attached hydrogens (tertiary/aromatic N) is 2. The minimum atomic E-state index is -0.324. The lowest BCUT2D eigenvalue weighted by Gasteiger charge is -2.16. The van der Waals surface area contributed by atoms with Crippen molar-refractivity contribution >= 4 is 5.65 Å². The zero-order valence-electron chi connectivity index (χ0n) is 9.84. The van der Waals surface area contributed by atoms with Crippen LogP contribution in [0, 0.1) is 6.92 Å². The van der Waals surface area contributed by atoms with Crippen LogP contribution in [0.15, 0.2) is 24.5 Å². The average molecular weight is 232 g/mol. The predicted molar refractivity (Wildman–Crippen MR) is 64.2 cm³/mol. The van der Waals surface area contributed by atoms with Gasteiger partial charge in [0.05, 0.1) is 18.0 Å². The number of pyridine rings is 1. The Balaban J connectivity index is 1.85. The van der Waals surface area contributed by atoms with Crippen molar-refractivity contribution in [2.75, 3.05) is 0 Å². The van der Waals surface area contributed by atoms with Crippen LogP contribution >= 0.6 is 0 Å². The first-order valence-corrected chi connectivity index (χ1v) is 6.02. The first-order valence-electron chi connectivity index (χ1n) is 6.02. The Labute approximate surface area is 99.9 Å². The van der Waals surface area contributed by atoms with E-state index in [2.05, 4.69) is 4.98 Å². The Hall–Kier alpha value is -1.55. The molecule has 1 saturated carbocycles. The molecule has 0 spiro atoms. The monoisotopic (exact) mass is 232 g/mol. The van der Waals surface area contributed by atoms with Crippen LogP contribution in [0.25, 0.3) is 5.65 Å². The molecule has 3 rings (SSSR count). The van der Waals surface area contributed by atoms with Gasteiger partial charge in [-0.1, -0.05) is 0 Å². The van der Waals surface area contributed by atoms with Gasteiger partial charge in [0.15, 0.2) is 0 Å². The van der Waals surface area contributed by atoms with Gasteiger partial charge in [-0.3, -0.25) is 0 Å². The Bertz CT molecular complexity index is 535. The zero-order valence-corrected chi connectivity index (χ0v) is 9.84. The third-order valence-electron chi connectivity index (χ3n) is 3.25. The Morgan fingerprint density at radius 3 is 3.00 bits per heavy atom. The van der Waals surface area contributed by atoms with Crippen LogP contribution in [0.2, 0.25) is 0 Å². The Kier molecular flexibility index (Phi) is 2.52. The minimum absolute atomic E-state index is 0.0583. The van der Waals surface area contributed by atoms with Gasteiger partial charge in [-0.25, -0.2) is 4.98 Å². The predicted octanol–water partition coefficient (Wildman–Crippen LogP) is 1.93. The van der Waals surface area contributed by atoms with E-state index in [1.54, 1.807) is 0 Å². The fourth-order valence-corrected chi connectivity index (χ4v) is 2.39. The average Bonchev–Trinajstić information content (AvgIpc) is 2.84. The molecule has 1 aliphatic rings. The van der Waals surface area contributed by atoms with Gasteiger partial charge < -0.3 is 14.2 Å². The van der Waals surface area contributed by atoms with E-state index in [1.807, 2.05) is 35.9 Å². The second kappa shape index (κ2) is 4.04. The number of hydrogen-bond acceptors (Lipinski definition) is 3.